The molecule has 1 atom stereocenters. The van der Waals surface area contributed by atoms with E-state index in [2.05, 4.69) is 15.4 Å². The van der Waals surface area contributed by atoms with Crippen LogP contribution in [0.5, 0.6) is 0 Å². The fourth-order valence-electron chi connectivity index (χ4n) is 2.43. The van der Waals surface area contributed by atoms with Gasteiger partial charge in [0.05, 0.1) is 17.3 Å². The molecule has 2 aromatic rings. The van der Waals surface area contributed by atoms with E-state index in [0.717, 1.165) is 31.2 Å². The van der Waals surface area contributed by atoms with Crippen LogP contribution in [-0.4, -0.2) is 26.7 Å². The summed E-state index contributed by atoms with van der Waals surface area (Å²) in [5.41, 5.74) is 2.16. The van der Waals surface area contributed by atoms with E-state index in [1.54, 1.807) is 16.6 Å². The Kier molecular flexibility index (Phi) is 3.77. The van der Waals surface area contributed by atoms with Crippen molar-refractivity contribution in [3.8, 4) is 0 Å². The maximum Gasteiger partial charge on any atom is 0.392 e. The lowest BCUT2D eigenvalue weighted by atomic mass is 10.1. The first kappa shape index (κ1) is 15.8. The molecule has 124 valence electrons. The van der Waals surface area contributed by atoms with E-state index in [1.165, 1.54) is 0 Å². The fraction of sp³-hybridized carbons (Fsp3) is 0.533. The Labute approximate surface area is 130 Å². The predicted molar refractivity (Wildman–Crippen MR) is 78.2 cm³/mol. The second kappa shape index (κ2) is 5.50. The van der Waals surface area contributed by atoms with Crippen LogP contribution >= 0.6 is 0 Å². The molecule has 2 heterocycles. The molecule has 0 aliphatic heterocycles. The number of anilines is 1. The second-order valence-electron chi connectivity index (χ2n) is 6.06. The maximum absolute atomic E-state index is 12.6. The highest BCUT2D eigenvalue weighted by Crippen LogP contribution is 2.43. The lowest BCUT2D eigenvalue weighted by molar-refractivity contribution is -0.173. The molecule has 3 rings (SSSR count). The fourth-order valence-corrected chi connectivity index (χ4v) is 2.43. The van der Waals surface area contributed by atoms with Gasteiger partial charge in [0.15, 0.2) is 11.5 Å². The van der Waals surface area contributed by atoms with Gasteiger partial charge in [0.1, 0.15) is 0 Å². The van der Waals surface area contributed by atoms with E-state index in [1.807, 2.05) is 6.92 Å². The summed E-state index contributed by atoms with van der Waals surface area (Å²) in [7, 11) is 0. The lowest BCUT2D eigenvalue weighted by Crippen LogP contribution is -2.26. The van der Waals surface area contributed by atoms with Gasteiger partial charge in [0.2, 0.25) is 5.91 Å². The standard InChI is InChI=1S/C15H17F3N4O/c1-8(15(16,17)18)7-12(23)20-14-13(10-4-5-10)22-11(19-14)6-3-9(2)21-22/h3,6,8,10H,4-5,7H2,1-2H3,(H,20,23). The summed E-state index contributed by atoms with van der Waals surface area (Å²) in [6.07, 6.45) is -3.07. The molecule has 0 saturated heterocycles. The highest BCUT2D eigenvalue weighted by Gasteiger charge is 2.38. The van der Waals surface area contributed by atoms with Crippen LogP contribution in [0, 0.1) is 12.8 Å². The molecular weight excluding hydrogens is 309 g/mol. The molecule has 1 amide bonds. The molecule has 8 heteroatoms. The smallest absolute Gasteiger partial charge is 0.309 e. The van der Waals surface area contributed by atoms with Gasteiger partial charge in [0.25, 0.3) is 0 Å². The molecule has 0 aromatic carbocycles. The van der Waals surface area contributed by atoms with Crippen LogP contribution in [0.25, 0.3) is 5.65 Å². The number of nitrogens with one attached hydrogen (secondary N) is 1. The molecule has 1 N–H and O–H groups in total. The van der Waals surface area contributed by atoms with E-state index < -0.39 is 24.4 Å². The minimum absolute atomic E-state index is 0.245. The minimum Gasteiger partial charge on any atom is -0.309 e. The Morgan fingerprint density at radius 3 is 2.74 bits per heavy atom. The van der Waals surface area contributed by atoms with E-state index in [0.29, 0.717) is 11.5 Å². The normalized spacial score (nSPS) is 16.6. The third-order valence-electron chi connectivity index (χ3n) is 3.92. The Morgan fingerprint density at radius 2 is 2.13 bits per heavy atom. The van der Waals surface area contributed by atoms with Gasteiger partial charge in [-0.1, -0.05) is 6.92 Å². The molecule has 0 bridgehead atoms. The number of hydrogen-bond acceptors (Lipinski definition) is 3. The number of halogens is 3. The SMILES string of the molecule is Cc1ccc2nc(NC(=O)CC(C)C(F)(F)F)c(C3CC3)n2n1. The summed E-state index contributed by atoms with van der Waals surface area (Å²) in [4.78, 5) is 16.2. The molecule has 1 unspecified atom stereocenters. The molecule has 23 heavy (non-hydrogen) atoms. The van der Waals surface area contributed by atoms with Crippen molar-refractivity contribution in [3.63, 3.8) is 0 Å². The van der Waals surface area contributed by atoms with E-state index >= 15 is 0 Å². The number of alkyl halides is 3. The summed E-state index contributed by atoms with van der Waals surface area (Å²) in [5.74, 6) is -1.80. The molecule has 0 spiro atoms. The van der Waals surface area contributed by atoms with Gasteiger partial charge in [-0.25, -0.2) is 9.50 Å². The molecule has 1 fully saturated rings. The quantitative estimate of drug-likeness (QED) is 0.936. The summed E-state index contributed by atoms with van der Waals surface area (Å²) in [6, 6.07) is 3.58. The van der Waals surface area contributed by atoms with Gasteiger partial charge in [-0.05, 0) is 31.9 Å². The van der Waals surface area contributed by atoms with Gasteiger partial charge in [0, 0.05) is 12.3 Å². The van der Waals surface area contributed by atoms with E-state index in [9.17, 15) is 18.0 Å². The van der Waals surface area contributed by atoms with Crippen LogP contribution in [0.4, 0.5) is 19.0 Å². The number of aryl methyl sites for hydroxylation is 1. The topological polar surface area (TPSA) is 59.3 Å². The van der Waals surface area contributed by atoms with Crippen molar-refractivity contribution in [2.45, 2.75) is 45.2 Å². The molecule has 2 aromatic heterocycles. The number of aromatic nitrogens is 3. The Balaban J connectivity index is 1.85. The van der Waals surface area contributed by atoms with Crippen LogP contribution < -0.4 is 5.32 Å². The largest absolute Gasteiger partial charge is 0.392 e. The zero-order valence-corrected chi connectivity index (χ0v) is 12.8. The van der Waals surface area contributed by atoms with Crippen LogP contribution in [0.15, 0.2) is 12.1 Å². The second-order valence-corrected chi connectivity index (χ2v) is 6.06. The number of imidazole rings is 1. The van der Waals surface area contributed by atoms with Gasteiger partial charge in [-0.2, -0.15) is 18.3 Å². The van der Waals surface area contributed by atoms with Crippen LogP contribution in [0.1, 0.15) is 43.5 Å². The zero-order valence-electron chi connectivity index (χ0n) is 12.8. The van der Waals surface area contributed by atoms with Crippen molar-refractivity contribution in [1.82, 2.24) is 14.6 Å². The number of nitrogens with zero attached hydrogens (tertiary/aromatic N) is 3. The van der Waals surface area contributed by atoms with Gasteiger partial charge in [-0.3, -0.25) is 4.79 Å². The number of carbonyl (C=O) groups excluding carboxylic acids is 1. The van der Waals surface area contributed by atoms with Gasteiger partial charge < -0.3 is 5.32 Å². The summed E-state index contributed by atoms with van der Waals surface area (Å²) >= 11 is 0. The minimum atomic E-state index is -4.38. The third-order valence-corrected chi connectivity index (χ3v) is 3.92. The molecule has 1 saturated carbocycles. The third kappa shape index (κ3) is 3.30. The average Bonchev–Trinajstić information content (AvgIpc) is 3.20. The van der Waals surface area contributed by atoms with Gasteiger partial charge in [-0.15, -0.1) is 0 Å². The number of carbonyl (C=O) groups is 1. The Bertz CT molecular complexity index is 749. The maximum atomic E-state index is 12.6. The van der Waals surface area contributed by atoms with Crippen LogP contribution in [-0.2, 0) is 4.79 Å². The highest BCUT2D eigenvalue weighted by atomic mass is 19.4. The van der Waals surface area contributed by atoms with Gasteiger partial charge >= 0.3 is 6.18 Å². The predicted octanol–water partition coefficient (Wildman–Crippen LogP) is 3.44. The first-order valence-corrected chi connectivity index (χ1v) is 7.48. The van der Waals surface area contributed by atoms with Crippen molar-refractivity contribution in [1.29, 1.82) is 0 Å². The molecule has 1 aliphatic rings. The molecule has 5 nitrogen and oxygen atoms in total. The van der Waals surface area contributed by atoms with Crippen LogP contribution in [0.2, 0.25) is 0 Å². The van der Waals surface area contributed by atoms with Crippen molar-refractivity contribution >= 4 is 17.4 Å². The Morgan fingerprint density at radius 1 is 1.43 bits per heavy atom. The Hall–Kier alpha value is -2.12. The zero-order chi connectivity index (χ0) is 16.8. The number of rotatable bonds is 4. The summed E-state index contributed by atoms with van der Waals surface area (Å²) < 4.78 is 39.4. The average molecular weight is 326 g/mol. The lowest BCUT2D eigenvalue weighted by Gasteiger charge is -2.14. The molecule has 0 radical (unpaired) electrons. The van der Waals surface area contributed by atoms with Crippen molar-refractivity contribution in [2.75, 3.05) is 5.32 Å². The van der Waals surface area contributed by atoms with E-state index in [4.69, 9.17) is 0 Å². The number of hydrogen-bond donors (Lipinski definition) is 1. The molecule has 1 aliphatic carbocycles. The monoisotopic (exact) mass is 326 g/mol. The van der Waals surface area contributed by atoms with E-state index in [-0.39, 0.29) is 5.92 Å². The summed E-state index contributed by atoms with van der Waals surface area (Å²) in [6.45, 7) is 2.84. The van der Waals surface area contributed by atoms with Crippen molar-refractivity contribution in [2.24, 2.45) is 5.92 Å². The van der Waals surface area contributed by atoms with Crippen molar-refractivity contribution < 1.29 is 18.0 Å². The van der Waals surface area contributed by atoms with Crippen LogP contribution in [0.3, 0.4) is 0 Å². The van der Waals surface area contributed by atoms with Crippen molar-refractivity contribution in [3.05, 3.63) is 23.5 Å². The first-order chi connectivity index (χ1) is 10.8. The highest BCUT2D eigenvalue weighted by molar-refractivity contribution is 5.91. The number of amides is 1. The first-order valence-electron chi connectivity index (χ1n) is 7.48. The molecular formula is C15H17F3N4O. The number of fused-ring (bicyclic) bond motifs is 1. The summed E-state index contributed by atoms with van der Waals surface area (Å²) in [5, 5.41) is 6.92.